The molecule has 1 aliphatic rings. The van der Waals surface area contributed by atoms with Crippen LogP contribution in [0.3, 0.4) is 0 Å². The number of hydrogen-bond acceptors (Lipinski definition) is 5. The molecule has 0 bridgehead atoms. The van der Waals surface area contributed by atoms with Gasteiger partial charge in [-0.25, -0.2) is 0 Å². The normalized spacial score (nSPS) is 16.6. The Morgan fingerprint density at radius 1 is 1.21 bits per heavy atom. The highest BCUT2D eigenvalue weighted by atomic mass is 79.9. The number of hydrogen-bond donors (Lipinski definition) is 0. The fraction of sp³-hybridized carbons (Fsp3) is 0.300. The summed E-state index contributed by atoms with van der Waals surface area (Å²) in [5.74, 6) is 0.984. The maximum absolute atomic E-state index is 12.4. The minimum absolute atomic E-state index is 0.145. The molecule has 1 atom stereocenters. The number of imide groups is 1. The molecule has 1 aliphatic heterocycles. The molecule has 0 N–H and O–H groups in total. The van der Waals surface area contributed by atoms with E-state index in [2.05, 4.69) is 15.9 Å². The first-order valence-corrected chi connectivity index (χ1v) is 10.7. The van der Waals surface area contributed by atoms with Crippen LogP contribution in [0.2, 0.25) is 5.02 Å². The van der Waals surface area contributed by atoms with Crippen LogP contribution in [-0.4, -0.2) is 35.0 Å². The zero-order valence-electron chi connectivity index (χ0n) is 15.4. The number of halogens is 2. The molecule has 5 nitrogen and oxygen atoms in total. The molecule has 0 unspecified atom stereocenters. The van der Waals surface area contributed by atoms with E-state index in [9.17, 15) is 9.59 Å². The van der Waals surface area contributed by atoms with Crippen LogP contribution in [0, 0.1) is 0 Å². The van der Waals surface area contributed by atoms with Gasteiger partial charge in [-0.2, -0.15) is 0 Å². The van der Waals surface area contributed by atoms with E-state index in [1.54, 1.807) is 14.0 Å². The SMILES string of the molecule is CCN1C(=O)S[C@H](Cc2cc(Br)c(OCc3cccc(Cl)c3)c(OC)c2)C1=O. The van der Waals surface area contributed by atoms with Crippen molar-refractivity contribution in [2.24, 2.45) is 0 Å². The molecule has 2 aromatic rings. The largest absolute Gasteiger partial charge is 0.493 e. The van der Waals surface area contributed by atoms with Gasteiger partial charge < -0.3 is 9.47 Å². The van der Waals surface area contributed by atoms with E-state index in [-0.39, 0.29) is 11.1 Å². The molecule has 0 saturated carbocycles. The van der Waals surface area contributed by atoms with Crippen molar-refractivity contribution in [1.82, 2.24) is 4.90 Å². The molecule has 0 aliphatic carbocycles. The Morgan fingerprint density at radius 3 is 2.64 bits per heavy atom. The first-order chi connectivity index (χ1) is 13.4. The molecule has 2 aromatic carbocycles. The molecule has 28 heavy (non-hydrogen) atoms. The molecule has 8 heteroatoms. The molecule has 0 radical (unpaired) electrons. The average molecular weight is 485 g/mol. The highest BCUT2D eigenvalue weighted by Crippen LogP contribution is 2.39. The zero-order valence-corrected chi connectivity index (χ0v) is 18.6. The molecular weight excluding hydrogens is 466 g/mol. The van der Waals surface area contributed by atoms with Gasteiger partial charge in [-0.15, -0.1) is 0 Å². The van der Waals surface area contributed by atoms with Crippen molar-refractivity contribution in [3.8, 4) is 11.5 Å². The number of methoxy groups -OCH3 is 1. The van der Waals surface area contributed by atoms with Crippen molar-refractivity contribution in [3.05, 3.63) is 57.0 Å². The molecule has 2 amide bonds. The van der Waals surface area contributed by atoms with Gasteiger partial charge in [-0.3, -0.25) is 14.5 Å². The molecule has 1 saturated heterocycles. The third-order valence-corrected chi connectivity index (χ3v) is 6.20. The van der Waals surface area contributed by atoms with Crippen molar-refractivity contribution in [2.75, 3.05) is 13.7 Å². The lowest BCUT2D eigenvalue weighted by Crippen LogP contribution is -2.31. The average Bonchev–Trinajstić information content (AvgIpc) is 2.93. The number of amides is 2. The number of ether oxygens (including phenoxy) is 2. The summed E-state index contributed by atoms with van der Waals surface area (Å²) in [6, 6.07) is 11.2. The number of nitrogens with zero attached hydrogens (tertiary/aromatic N) is 1. The predicted octanol–water partition coefficient (Wildman–Crippen LogP) is 5.32. The molecule has 0 spiro atoms. The van der Waals surface area contributed by atoms with Gasteiger partial charge in [0.05, 0.1) is 16.8 Å². The summed E-state index contributed by atoms with van der Waals surface area (Å²) in [4.78, 5) is 25.5. The predicted molar refractivity (Wildman–Crippen MR) is 114 cm³/mol. The van der Waals surface area contributed by atoms with Gasteiger partial charge in [0.2, 0.25) is 5.91 Å². The fourth-order valence-electron chi connectivity index (χ4n) is 2.94. The number of thioether (sulfide) groups is 1. The minimum atomic E-state index is -0.415. The van der Waals surface area contributed by atoms with Crippen LogP contribution in [0.1, 0.15) is 18.1 Å². The van der Waals surface area contributed by atoms with Crippen LogP contribution in [-0.2, 0) is 17.8 Å². The highest BCUT2D eigenvalue weighted by Gasteiger charge is 2.38. The Balaban J connectivity index is 1.76. The summed E-state index contributed by atoms with van der Waals surface area (Å²) in [6.07, 6.45) is 0.440. The minimum Gasteiger partial charge on any atom is -0.493 e. The summed E-state index contributed by atoms with van der Waals surface area (Å²) >= 11 is 10.6. The van der Waals surface area contributed by atoms with E-state index in [0.717, 1.165) is 27.4 Å². The van der Waals surface area contributed by atoms with E-state index in [4.69, 9.17) is 21.1 Å². The third kappa shape index (κ3) is 4.64. The second-order valence-electron chi connectivity index (χ2n) is 6.19. The maximum atomic E-state index is 12.4. The maximum Gasteiger partial charge on any atom is 0.289 e. The Hall–Kier alpha value is -1.70. The van der Waals surface area contributed by atoms with Crippen molar-refractivity contribution in [1.29, 1.82) is 0 Å². The Morgan fingerprint density at radius 2 is 2.00 bits per heavy atom. The molecule has 1 fully saturated rings. The summed E-state index contributed by atoms with van der Waals surface area (Å²) in [6.45, 7) is 2.53. The molecule has 1 heterocycles. The Labute approximate surface area is 181 Å². The Kier molecular flexibility index (Phi) is 6.91. The molecular formula is C20H19BrClNO4S. The molecule has 3 rings (SSSR count). The summed E-state index contributed by atoms with van der Waals surface area (Å²) in [5, 5.41) is 0.0455. The van der Waals surface area contributed by atoms with Crippen LogP contribution < -0.4 is 9.47 Å². The Bertz CT molecular complexity index is 908. The van der Waals surface area contributed by atoms with Crippen LogP contribution in [0.25, 0.3) is 0 Å². The van der Waals surface area contributed by atoms with Crippen LogP contribution in [0.4, 0.5) is 4.79 Å². The number of carbonyl (C=O) groups is 2. The lowest BCUT2D eigenvalue weighted by atomic mass is 10.1. The second kappa shape index (κ2) is 9.20. The van der Waals surface area contributed by atoms with Gasteiger partial charge >= 0.3 is 0 Å². The van der Waals surface area contributed by atoms with Crippen molar-refractivity contribution in [3.63, 3.8) is 0 Å². The monoisotopic (exact) mass is 483 g/mol. The van der Waals surface area contributed by atoms with Gasteiger partial charge in [-0.1, -0.05) is 35.5 Å². The van der Waals surface area contributed by atoms with Crippen molar-refractivity contribution < 1.29 is 19.1 Å². The van der Waals surface area contributed by atoms with E-state index < -0.39 is 5.25 Å². The number of rotatable bonds is 7. The fourth-order valence-corrected chi connectivity index (χ4v) is 4.85. The molecule has 0 aromatic heterocycles. The first kappa shape index (κ1) is 21.0. The van der Waals surface area contributed by atoms with Gasteiger partial charge in [0.1, 0.15) is 6.61 Å². The third-order valence-electron chi connectivity index (χ3n) is 4.30. The molecule has 148 valence electrons. The first-order valence-electron chi connectivity index (χ1n) is 8.68. The van der Waals surface area contributed by atoms with Crippen LogP contribution in [0.15, 0.2) is 40.9 Å². The number of carbonyl (C=O) groups excluding carboxylic acids is 2. The number of benzene rings is 2. The summed E-state index contributed by atoms with van der Waals surface area (Å²) in [7, 11) is 1.57. The quantitative estimate of drug-likeness (QED) is 0.532. The van der Waals surface area contributed by atoms with Gasteiger partial charge in [-0.05, 0) is 64.7 Å². The van der Waals surface area contributed by atoms with Crippen molar-refractivity contribution >= 4 is 50.4 Å². The van der Waals surface area contributed by atoms with E-state index >= 15 is 0 Å². The smallest absolute Gasteiger partial charge is 0.289 e. The van der Waals surface area contributed by atoms with E-state index in [1.165, 1.54) is 4.90 Å². The van der Waals surface area contributed by atoms with E-state index in [1.807, 2.05) is 36.4 Å². The van der Waals surface area contributed by atoms with Crippen molar-refractivity contribution in [2.45, 2.75) is 25.2 Å². The van der Waals surface area contributed by atoms with Gasteiger partial charge in [0, 0.05) is 11.6 Å². The van der Waals surface area contributed by atoms with Gasteiger partial charge in [0.15, 0.2) is 11.5 Å². The van der Waals surface area contributed by atoms with E-state index in [0.29, 0.717) is 36.1 Å². The summed E-state index contributed by atoms with van der Waals surface area (Å²) in [5.41, 5.74) is 1.83. The lowest BCUT2D eigenvalue weighted by Gasteiger charge is -2.16. The van der Waals surface area contributed by atoms with Gasteiger partial charge in [0.25, 0.3) is 5.24 Å². The zero-order chi connectivity index (χ0) is 20.3. The topological polar surface area (TPSA) is 55.8 Å². The second-order valence-corrected chi connectivity index (χ2v) is 8.63. The summed E-state index contributed by atoms with van der Waals surface area (Å²) < 4.78 is 12.1. The highest BCUT2D eigenvalue weighted by molar-refractivity contribution is 9.10. The van der Waals surface area contributed by atoms with Crippen LogP contribution >= 0.6 is 39.3 Å². The standard InChI is InChI=1S/C20H19BrClNO4S/c1-3-23-19(24)17(28-20(23)25)10-13-8-15(21)18(16(9-13)26-2)27-11-12-5-4-6-14(22)7-12/h4-9,17H,3,10-11H2,1-2H3/t17-/m1/s1. The lowest BCUT2D eigenvalue weighted by molar-refractivity contribution is -0.126. The van der Waals surface area contributed by atoms with Crippen LogP contribution in [0.5, 0.6) is 11.5 Å².